The number of ether oxygens (including phenoxy) is 5. The van der Waals surface area contributed by atoms with Gasteiger partial charge >= 0.3 is 0 Å². The average molecular weight is 411 g/mol. The Balaban J connectivity index is 1.65. The first kappa shape index (κ1) is 19.4. The molecule has 2 aromatic carbocycles. The van der Waals surface area contributed by atoms with Gasteiger partial charge in [0.05, 0.1) is 14.2 Å². The Hall–Kier alpha value is -2.60. The van der Waals surface area contributed by atoms with Gasteiger partial charge in [-0.15, -0.1) is 0 Å². The van der Waals surface area contributed by atoms with Crippen LogP contribution in [0.5, 0.6) is 28.7 Å². The Labute approximate surface area is 177 Å². The number of likely N-dealkylation sites (tertiary alicyclic amines) is 1. The van der Waals surface area contributed by atoms with Crippen molar-refractivity contribution in [2.75, 3.05) is 34.1 Å². The van der Waals surface area contributed by atoms with Crippen molar-refractivity contribution in [2.45, 2.75) is 38.3 Å². The summed E-state index contributed by atoms with van der Waals surface area (Å²) >= 11 is 0. The first-order valence-electron chi connectivity index (χ1n) is 10.8. The Morgan fingerprint density at radius 3 is 2.40 bits per heavy atom. The number of nitrogens with zero attached hydrogens (tertiary/aromatic N) is 1. The van der Waals surface area contributed by atoms with Gasteiger partial charge in [-0.1, -0.05) is 25.5 Å². The number of hydrogen-bond acceptors (Lipinski definition) is 6. The van der Waals surface area contributed by atoms with Gasteiger partial charge in [0.2, 0.25) is 6.79 Å². The second kappa shape index (κ2) is 7.91. The Morgan fingerprint density at radius 1 is 0.900 bits per heavy atom. The normalized spacial score (nSPS) is 25.4. The molecule has 2 aromatic rings. The molecule has 3 aliphatic rings. The third-order valence-electron chi connectivity index (χ3n) is 6.58. The van der Waals surface area contributed by atoms with Crippen LogP contribution in [0, 0.1) is 5.92 Å². The molecule has 0 aliphatic carbocycles. The largest absolute Gasteiger partial charge is 0.493 e. The van der Waals surface area contributed by atoms with E-state index in [2.05, 4.69) is 24.0 Å². The van der Waals surface area contributed by atoms with Gasteiger partial charge in [-0.3, -0.25) is 4.90 Å². The number of rotatable bonds is 4. The molecular formula is C24H29NO5. The molecule has 6 heteroatoms. The van der Waals surface area contributed by atoms with E-state index in [0.29, 0.717) is 0 Å². The van der Waals surface area contributed by atoms with E-state index in [1.807, 2.05) is 18.2 Å². The summed E-state index contributed by atoms with van der Waals surface area (Å²) < 4.78 is 29.3. The van der Waals surface area contributed by atoms with Gasteiger partial charge in [-0.25, -0.2) is 0 Å². The zero-order chi connectivity index (χ0) is 20.7. The van der Waals surface area contributed by atoms with Crippen LogP contribution in [0.3, 0.4) is 0 Å². The molecular weight excluding hydrogens is 382 g/mol. The summed E-state index contributed by atoms with van der Waals surface area (Å²) in [6, 6.07) is 10.2. The van der Waals surface area contributed by atoms with E-state index < -0.39 is 0 Å². The first-order chi connectivity index (χ1) is 14.7. The fourth-order valence-electron chi connectivity index (χ4n) is 5.16. The zero-order valence-corrected chi connectivity index (χ0v) is 17.8. The standard InChI is InChI=1S/C24H29NO5/c1-15-22(16-8-7-9-18(26-2)23(16)27-3)17-12-20-21(29-14-28-20)13-19(17)30-24(15)25-10-5-4-6-11-25/h7-9,12-13,15,22,24H,4-6,10-11,14H2,1-3H3/t15-,22-,24-/m0/s1. The minimum atomic E-state index is -0.000853. The van der Waals surface area contributed by atoms with Crippen LogP contribution < -0.4 is 23.7 Å². The Bertz CT molecular complexity index is 924. The van der Waals surface area contributed by atoms with E-state index in [1.54, 1.807) is 14.2 Å². The lowest BCUT2D eigenvalue weighted by Crippen LogP contribution is -2.50. The maximum Gasteiger partial charge on any atom is 0.231 e. The van der Waals surface area contributed by atoms with Gasteiger partial charge < -0.3 is 23.7 Å². The number of para-hydroxylation sites is 1. The quantitative estimate of drug-likeness (QED) is 0.743. The van der Waals surface area contributed by atoms with Crippen molar-refractivity contribution in [3.05, 3.63) is 41.5 Å². The first-order valence-corrected chi connectivity index (χ1v) is 10.8. The van der Waals surface area contributed by atoms with Gasteiger partial charge in [0.25, 0.3) is 0 Å². The highest BCUT2D eigenvalue weighted by Gasteiger charge is 2.42. The van der Waals surface area contributed by atoms with Gasteiger partial charge in [0, 0.05) is 42.1 Å². The molecule has 0 spiro atoms. The minimum Gasteiger partial charge on any atom is -0.493 e. The number of methoxy groups -OCH3 is 2. The van der Waals surface area contributed by atoms with Gasteiger partial charge in [0.15, 0.2) is 29.2 Å². The highest BCUT2D eigenvalue weighted by Crippen LogP contribution is 2.52. The Kier molecular flexibility index (Phi) is 5.11. The highest BCUT2D eigenvalue weighted by molar-refractivity contribution is 5.59. The maximum absolute atomic E-state index is 6.61. The molecule has 0 aromatic heterocycles. The average Bonchev–Trinajstić information content (AvgIpc) is 3.24. The van der Waals surface area contributed by atoms with Crippen LogP contribution in [0.1, 0.15) is 43.2 Å². The lowest BCUT2D eigenvalue weighted by Gasteiger charge is -2.44. The lowest BCUT2D eigenvalue weighted by molar-refractivity contribution is -0.0405. The molecule has 3 atom stereocenters. The topological polar surface area (TPSA) is 49.4 Å². The second-order valence-corrected chi connectivity index (χ2v) is 8.27. The predicted octanol–water partition coefficient (Wildman–Crippen LogP) is 4.40. The number of hydrogen-bond donors (Lipinski definition) is 0. The summed E-state index contributed by atoms with van der Waals surface area (Å²) in [5, 5.41) is 0. The van der Waals surface area contributed by atoms with Crippen LogP contribution in [0.25, 0.3) is 0 Å². The summed E-state index contributed by atoms with van der Waals surface area (Å²) in [5.41, 5.74) is 2.21. The van der Waals surface area contributed by atoms with E-state index >= 15 is 0 Å². The van der Waals surface area contributed by atoms with Crippen molar-refractivity contribution >= 4 is 0 Å². The molecule has 1 fully saturated rings. The molecule has 1 saturated heterocycles. The Morgan fingerprint density at radius 2 is 1.67 bits per heavy atom. The monoisotopic (exact) mass is 411 g/mol. The van der Waals surface area contributed by atoms with Crippen molar-refractivity contribution in [2.24, 2.45) is 5.92 Å². The molecule has 5 rings (SSSR count). The molecule has 0 saturated carbocycles. The molecule has 160 valence electrons. The molecule has 3 aliphatic heterocycles. The molecule has 0 amide bonds. The van der Waals surface area contributed by atoms with Crippen molar-refractivity contribution < 1.29 is 23.7 Å². The predicted molar refractivity (Wildman–Crippen MR) is 113 cm³/mol. The number of benzene rings is 2. The van der Waals surface area contributed by atoms with Gasteiger partial charge in [-0.05, 0) is 25.0 Å². The number of piperidine rings is 1. The molecule has 0 radical (unpaired) electrons. The number of fused-ring (bicyclic) bond motifs is 2. The van der Waals surface area contributed by atoms with Crippen LogP contribution in [-0.4, -0.2) is 45.2 Å². The second-order valence-electron chi connectivity index (χ2n) is 8.27. The molecule has 0 N–H and O–H groups in total. The fourth-order valence-corrected chi connectivity index (χ4v) is 5.16. The molecule has 3 heterocycles. The van der Waals surface area contributed by atoms with E-state index in [1.165, 1.54) is 19.3 Å². The smallest absolute Gasteiger partial charge is 0.231 e. The third-order valence-corrected chi connectivity index (χ3v) is 6.58. The summed E-state index contributed by atoms with van der Waals surface area (Å²) in [6.07, 6.45) is 3.72. The maximum atomic E-state index is 6.61. The van der Waals surface area contributed by atoms with Crippen LogP contribution in [0.4, 0.5) is 0 Å². The molecule has 30 heavy (non-hydrogen) atoms. The highest BCUT2D eigenvalue weighted by atomic mass is 16.7. The molecule has 0 unspecified atom stereocenters. The lowest BCUT2D eigenvalue weighted by atomic mass is 9.77. The SMILES string of the molecule is COc1cccc([C@H]2c3cc4c(cc3O[C@H](N3CCCCC3)[C@H]2C)OCO4)c1OC. The van der Waals surface area contributed by atoms with Gasteiger partial charge in [-0.2, -0.15) is 0 Å². The van der Waals surface area contributed by atoms with Crippen LogP contribution in [0.15, 0.2) is 30.3 Å². The zero-order valence-electron chi connectivity index (χ0n) is 17.8. The van der Waals surface area contributed by atoms with Crippen LogP contribution >= 0.6 is 0 Å². The van der Waals surface area contributed by atoms with E-state index in [-0.39, 0.29) is 24.9 Å². The van der Waals surface area contributed by atoms with E-state index in [4.69, 9.17) is 23.7 Å². The minimum absolute atomic E-state index is 0.000853. The van der Waals surface area contributed by atoms with E-state index in [9.17, 15) is 0 Å². The van der Waals surface area contributed by atoms with Gasteiger partial charge in [0.1, 0.15) is 5.75 Å². The summed E-state index contributed by atoms with van der Waals surface area (Å²) in [4.78, 5) is 2.49. The third kappa shape index (κ3) is 3.14. The van der Waals surface area contributed by atoms with Crippen LogP contribution in [0.2, 0.25) is 0 Å². The fraction of sp³-hybridized carbons (Fsp3) is 0.500. The van der Waals surface area contributed by atoms with Crippen molar-refractivity contribution in [3.8, 4) is 28.7 Å². The summed E-state index contributed by atoms with van der Waals surface area (Å²) in [5.74, 6) is 4.20. The van der Waals surface area contributed by atoms with Crippen LogP contribution in [-0.2, 0) is 0 Å². The molecule has 0 bridgehead atoms. The van der Waals surface area contributed by atoms with Crippen molar-refractivity contribution in [1.82, 2.24) is 4.90 Å². The van der Waals surface area contributed by atoms with Crippen molar-refractivity contribution in [1.29, 1.82) is 0 Å². The summed E-state index contributed by atoms with van der Waals surface area (Å²) in [6.45, 7) is 4.65. The van der Waals surface area contributed by atoms with Crippen molar-refractivity contribution in [3.63, 3.8) is 0 Å². The summed E-state index contributed by atoms with van der Waals surface area (Å²) in [7, 11) is 3.38. The van der Waals surface area contributed by atoms with E-state index in [0.717, 1.165) is 53.0 Å². The molecule has 6 nitrogen and oxygen atoms in total.